The second kappa shape index (κ2) is 7.18. The van der Waals surface area contributed by atoms with Crippen LogP contribution in [-0.4, -0.2) is 33.8 Å². The smallest absolute Gasteiger partial charge is 0.339 e. The first-order valence-corrected chi connectivity index (χ1v) is 9.18. The minimum absolute atomic E-state index is 0.0178. The first-order chi connectivity index (χ1) is 13.9. The van der Waals surface area contributed by atoms with E-state index in [4.69, 9.17) is 16.3 Å². The predicted molar refractivity (Wildman–Crippen MR) is 107 cm³/mol. The first-order valence-electron chi connectivity index (χ1n) is 8.80. The number of nitrogens with zero attached hydrogens (tertiary/aromatic N) is 1. The summed E-state index contributed by atoms with van der Waals surface area (Å²) < 4.78 is 6.81. The third-order valence-corrected chi connectivity index (χ3v) is 5.18. The van der Waals surface area contributed by atoms with Crippen molar-refractivity contribution >= 4 is 29.2 Å². The second-order valence-corrected chi connectivity index (χ2v) is 7.13. The second-order valence-electron chi connectivity index (χ2n) is 6.69. The molecule has 1 aliphatic rings. The number of aromatic nitrogens is 1. The van der Waals surface area contributed by atoms with Gasteiger partial charge < -0.3 is 24.8 Å². The number of methoxy groups -OCH3 is 1. The molecule has 4 rings (SSSR count). The quantitative estimate of drug-likeness (QED) is 0.601. The zero-order valence-electron chi connectivity index (χ0n) is 15.3. The Kier molecular flexibility index (Phi) is 4.68. The number of carbonyl (C=O) groups excluding carboxylic acids is 1. The Morgan fingerprint density at radius 2 is 2.07 bits per heavy atom. The highest BCUT2D eigenvalue weighted by Gasteiger charge is 2.34. The molecule has 0 saturated carbocycles. The lowest BCUT2D eigenvalue weighted by Crippen LogP contribution is -2.25. The molecule has 0 fully saturated rings. The normalized spacial score (nSPS) is 15.5. The molecule has 2 heterocycles. The first kappa shape index (κ1) is 18.9. The minimum Gasteiger partial charge on any atom is -0.504 e. The van der Waals surface area contributed by atoms with Crippen molar-refractivity contribution in [3.05, 3.63) is 70.5 Å². The van der Waals surface area contributed by atoms with Crippen LogP contribution in [0.25, 0.3) is 5.69 Å². The fourth-order valence-corrected chi connectivity index (χ4v) is 3.85. The summed E-state index contributed by atoms with van der Waals surface area (Å²) >= 11 is 6.13. The Labute approximate surface area is 171 Å². The molecule has 1 aromatic heterocycles. The van der Waals surface area contributed by atoms with Crippen molar-refractivity contribution in [3.63, 3.8) is 0 Å². The van der Waals surface area contributed by atoms with Crippen molar-refractivity contribution < 1.29 is 24.5 Å². The summed E-state index contributed by atoms with van der Waals surface area (Å²) in [5.74, 6) is -1.67. The maximum absolute atomic E-state index is 12.4. The number of amides is 1. The summed E-state index contributed by atoms with van der Waals surface area (Å²) in [5, 5.41) is 23.1. The topological polar surface area (TPSA) is 101 Å². The van der Waals surface area contributed by atoms with Gasteiger partial charge in [-0.25, -0.2) is 4.79 Å². The number of fused-ring (bicyclic) bond motifs is 1. The van der Waals surface area contributed by atoms with Crippen LogP contribution >= 0.6 is 11.6 Å². The van der Waals surface area contributed by atoms with E-state index in [1.165, 1.54) is 19.4 Å². The van der Waals surface area contributed by atoms with Gasteiger partial charge in [0, 0.05) is 29.2 Å². The van der Waals surface area contributed by atoms with E-state index in [1.54, 1.807) is 41.0 Å². The summed E-state index contributed by atoms with van der Waals surface area (Å²) in [7, 11) is 1.45. The molecule has 7 nitrogen and oxygen atoms in total. The maximum atomic E-state index is 12.4. The number of carbonyl (C=O) groups is 2. The molecule has 29 heavy (non-hydrogen) atoms. The molecular formula is C21H17ClN2O5. The van der Waals surface area contributed by atoms with Gasteiger partial charge >= 0.3 is 5.97 Å². The fraction of sp³-hybridized carbons (Fsp3) is 0.143. The highest BCUT2D eigenvalue weighted by molar-refractivity contribution is 6.30. The van der Waals surface area contributed by atoms with Gasteiger partial charge in [-0.15, -0.1) is 0 Å². The van der Waals surface area contributed by atoms with E-state index in [1.807, 2.05) is 0 Å². The van der Waals surface area contributed by atoms with Gasteiger partial charge in [-0.05, 0) is 35.9 Å². The Morgan fingerprint density at radius 1 is 1.28 bits per heavy atom. The minimum atomic E-state index is -1.15. The van der Waals surface area contributed by atoms with Crippen LogP contribution in [0.3, 0.4) is 0 Å². The van der Waals surface area contributed by atoms with Crippen molar-refractivity contribution in [3.8, 4) is 17.2 Å². The molecule has 1 amide bonds. The third-order valence-electron chi connectivity index (χ3n) is 4.95. The number of ether oxygens (including phenoxy) is 1. The Morgan fingerprint density at radius 3 is 2.72 bits per heavy atom. The molecule has 3 N–H and O–H groups in total. The van der Waals surface area contributed by atoms with Gasteiger partial charge in [-0.2, -0.15) is 0 Å². The number of anilines is 1. The number of carboxylic acid groups (broad SMARTS) is 1. The van der Waals surface area contributed by atoms with Crippen LogP contribution in [-0.2, 0) is 4.79 Å². The van der Waals surface area contributed by atoms with Gasteiger partial charge in [0.1, 0.15) is 5.56 Å². The molecule has 3 aromatic rings. The van der Waals surface area contributed by atoms with Crippen LogP contribution in [0.1, 0.15) is 34.0 Å². The number of rotatable bonds is 4. The number of hydrogen-bond acceptors (Lipinski definition) is 4. The van der Waals surface area contributed by atoms with E-state index in [0.717, 1.165) is 0 Å². The van der Waals surface area contributed by atoms with Gasteiger partial charge in [-0.1, -0.05) is 23.7 Å². The van der Waals surface area contributed by atoms with Crippen LogP contribution in [0.5, 0.6) is 11.5 Å². The molecule has 0 spiro atoms. The molecule has 0 aliphatic carbocycles. The molecule has 8 heteroatoms. The summed E-state index contributed by atoms with van der Waals surface area (Å²) in [6, 6.07) is 11.9. The SMILES string of the molecule is COc1ccc([C@@H]2CC(=O)Nc3c(C(=O)O)cn(-c4cccc(Cl)c4)c32)cc1O. The number of benzene rings is 2. The van der Waals surface area contributed by atoms with E-state index < -0.39 is 11.9 Å². The summed E-state index contributed by atoms with van der Waals surface area (Å²) in [6.45, 7) is 0. The number of aromatic hydroxyl groups is 1. The number of phenols is 1. The van der Waals surface area contributed by atoms with Gasteiger partial charge in [0.2, 0.25) is 5.91 Å². The van der Waals surface area contributed by atoms with Crippen molar-refractivity contribution in [1.82, 2.24) is 4.57 Å². The highest BCUT2D eigenvalue weighted by atomic mass is 35.5. The van der Waals surface area contributed by atoms with Crippen LogP contribution in [0.4, 0.5) is 5.69 Å². The molecule has 148 valence electrons. The highest BCUT2D eigenvalue weighted by Crippen LogP contribution is 2.43. The standard InChI is InChI=1S/C21H17ClN2O5/c1-29-17-6-5-11(7-16(17)25)14-9-18(26)23-19-15(21(27)28)10-24(20(14)19)13-4-2-3-12(22)8-13/h2-8,10,14,25H,9H2,1H3,(H,23,26)(H,27,28)/t14-/m0/s1. The Bertz CT molecular complexity index is 1140. The monoisotopic (exact) mass is 412 g/mol. The largest absolute Gasteiger partial charge is 0.504 e. The van der Waals surface area contributed by atoms with Crippen molar-refractivity contribution in [2.24, 2.45) is 0 Å². The molecule has 2 aromatic carbocycles. The van der Waals surface area contributed by atoms with E-state index >= 15 is 0 Å². The molecule has 1 aliphatic heterocycles. The number of halogens is 1. The van der Waals surface area contributed by atoms with Gasteiger partial charge in [0.15, 0.2) is 11.5 Å². The van der Waals surface area contributed by atoms with Crippen LogP contribution in [0.15, 0.2) is 48.7 Å². The Balaban J connectivity index is 1.95. The fourth-order valence-electron chi connectivity index (χ4n) is 3.67. The van der Waals surface area contributed by atoms with E-state index in [2.05, 4.69) is 5.32 Å². The summed E-state index contributed by atoms with van der Waals surface area (Å²) in [5.41, 5.74) is 2.16. The number of phenolic OH excluding ortho intramolecular Hbond substituents is 1. The molecular weight excluding hydrogens is 396 g/mol. The van der Waals surface area contributed by atoms with Crippen molar-refractivity contribution in [2.45, 2.75) is 12.3 Å². The lowest BCUT2D eigenvalue weighted by molar-refractivity contribution is -0.116. The van der Waals surface area contributed by atoms with Gasteiger partial charge in [0.25, 0.3) is 0 Å². The van der Waals surface area contributed by atoms with Crippen molar-refractivity contribution in [2.75, 3.05) is 12.4 Å². The van der Waals surface area contributed by atoms with Crippen LogP contribution in [0.2, 0.25) is 5.02 Å². The average molecular weight is 413 g/mol. The zero-order chi connectivity index (χ0) is 20.7. The lowest BCUT2D eigenvalue weighted by atomic mass is 9.88. The lowest BCUT2D eigenvalue weighted by Gasteiger charge is -2.26. The summed E-state index contributed by atoms with van der Waals surface area (Å²) in [4.78, 5) is 24.2. The number of nitrogens with one attached hydrogen (secondary N) is 1. The average Bonchev–Trinajstić information content (AvgIpc) is 3.07. The van der Waals surface area contributed by atoms with E-state index in [9.17, 15) is 19.8 Å². The number of hydrogen-bond donors (Lipinski definition) is 3. The van der Waals surface area contributed by atoms with E-state index in [-0.39, 0.29) is 29.3 Å². The van der Waals surface area contributed by atoms with Crippen molar-refractivity contribution in [1.29, 1.82) is 0 Å². The number of carboxylic acids is 1. The van der Waals surface area contributed by atoms with Gasteiger partial charge in [-0.3, -0.25) is 4.79 Å². The van der Waals surface area contributed by atoms with Crippen LogP contribution < -0.4 is 10.1 Å². The van der Waals surface area contributed by atoms with E-state index in [0.29, 0.717) is 27.7 Å². The molecule has 0 unspecified atom stereocenters. The third kappa shape index (κ3) is 3.30. The van der Waals surface area contributed by atoms with Crippen LogP contribution in [0, 0.1) is 0 Å². The molecule has 1 atom stereocenters. The number of aromatic carboxylic acids is 1. The zero-order valence-corrected chi connectivity index (χ0v) is 16.1. The van der Waals surface area contributed by atoms with Gasteiger partial charge in [0.05, 0.1) is 18.5 Å². The summed E-state index contributed by atoms with van der Waals surface area (Å²) in [6.07, 6.45) is 1.57. The molecule has 0 saturated heterocycles. The predicted octanol–water partition coefficient (Wildman–Crippen LogP) is 4.02. The molecule has 0 radical (unpaired) electrons. The maximum Gasteiger partial charge on any atom is 0.339 e. The Hall–Kier alpha value is -3.45. The molecule has 0 bridgehead atoms.